The van der Waals surface area contributed by atoms with Gasteiger partial charge >= 0.3 is 0 Å². The van der Waals surface area contributed by atoms with Crippen LogP contribution in [0.3, 0.4) is 0 Å². The van der Waals surface area contributed by atoms with Crippen molar-refractivity contribution in [3.05, 3.63) is 60.2 Å². The molecule has 0 amide bonds. The molecule has 0 fully saturated rings. The summed E-state index contributed by atoms with van der Waals surface area (Å²) in [6.07, 6.45) is 22.0. The maximum absolute atomic E-state index is 5.92. The Morgan fingerprint density at radius 3 is 1.55 bits per heavy atom. The average Bonchev–Trinajstić information content (AvgIpc) is 2.95. The highest BCUT2D eigenvalue weighted by molar-refractivity contribution is 5.44. The Morgan fingerprint density at radius 1 is 0.625 bits per heavy atom. The molecular formula is C36H56N2O2. The van der Waals surface area contributed by atoms with Crippen LogP contribution in [0.5, 0.6) is 11.5 Å². The summed E-state index contributed by atoms with van der Waals surface area (Å²) in [7, 11) is 0. The van der Waals surface area contributed by atoms with Gasteiger partial charge in [0.2, 0.25) is 0 Å². The van der Waals surface area contributed by atoms with E-state index in [1.165, 1.54) is 82.6 Å². The lowest BCUT2D eigenvalue weighted by Crippen LogP contribution is -2.04. The molecule has 0 aliphatic carbocycles. The second-order valence-electron chi connectivity index (χ2n) is 11.5. The Labute approximate surface area is 245 Å². The van der Waals surface area contributed by atoms with Crippen molar-refractivity contribution in [2.75, 3.05) is 13.2 Å². The van der Waals surface area contributed by atoms with E-state index in [-0.39, 0.29) is 0 Å². The van der Waals surface area contributed by atoms with Gasteiger partial charge in [0.15, 0.2) is 0 Å². The molecule has 40 heavy (non-hydrogen) atoms. The van der Waals surface area contributed by atoms with Gasteiger partial charge in [-0.15, -0.1) is 0 Å². The molecule has 4 heteroatoms. The Hall–Kier alpha value is -2.62. The number of rotatable bonds is 23. The monoisotopic (exact) mass is 548 g/mol. The number of allylic oxidation sites excluding steroid dienone is 2. The van der Waals surface area contributed by atoms with Crippen molar-refractivity contribution in [2.24, 2.45) is 16.1 Å². The van der Waals surface area contributed by atoms with Gasteiger partial charge in [0.1, 0.15) is 11.5 Å². The molecule has 0 spiro atoms. The summed E-state index contributed by atoms with van der Waals surface area (Å²) in [6, 6.07) is 15.7. The second kappa shape index (κ2) is 22.1. The van der Waals surface area contributed by atoms with Crippen molar-refractivity contribution in [3.8, 4) is 11.5 Å². The zero-order valence-electron chi connectivity index (χ0n) is 26.0. The molecule has 0 aromatic heterocycles. The zero-order chi connectivity index (χ0) is 28.7. The molecular weight excluding hydrogens is 492 g/mol. The van der Waals surface area contributed by atoms with Gasteiger partial charge in [0, 0.05) is 0 Å². The van der Waals surface area contributed by atoms with Crippen LogP contribution < -0.4 is 9.47 Å². The van der Waals surface area contributed by atoms with E-state index < -0.39 is 0 Å². The first-order valence-electron chi connectivity index (χ1n) is 16.1. The molecule has 0 bridgehead atoms. The lowest BCUT2D eigenvalue weighted by molar-refractivity contribution is 0.279. The van der Waals surface area contributed by atoms with Crippen molar-refractivity contribution in [1.29, 1.82) is 0 Å². The Balaban J connectivity index is 1.54. The molecule has 0 aliphatic heterocycles. The van der Waals surface area contributed by atoms with Gasteiger partial charge in [0.05, 0.1) is 24.6 Å². The third kappa shape index (κ3) is 17.2. The number of nitrogens with zero attached hydrogens (tertiary/aromatic N) is 2. The zero-order valence-corrected chi connectivity index (χ0v) is 26.0. The maximum atomic E-state index is 5.92. The summed E-state index contributed by atoms with van der Waals surface area (Å²) >= 11 is 0. The van der Waals surface area contributed by atoms with Gasteiger partial charge in [-0.25, -0.2) is 0 Å². The summed E-state index contributed by atoms with van der Waals surface area (Å²) in [4.78, 5) is 0. The number of azo groups is 1. The van der Waals surface area contributed by atoms with Crippen LogP contribution in [0.1, 0.15) is 124 Å². The normalized spacial score (nSPS) is 12.0. The molecule has 0 radical (unpaired) electrons. The predicted molar refractivity (Wildman–Crippen MR) is 172 cm³/mol. The van der Waals surface area contributed by atoms with Crippen LogP contribution in [0.15, 0.2) is 70.4 Å². The van der Waals surface area contributed by atoms with Crippen molar-refractivity contribution in [2.45, 2.75) is 124 Å². The van der Waals surface area contributed by atoms with Gasteiger partial charge < -0.3 is 9.47 Å². The van der Waals surface area contributed by atoms with E-state index in [1.807, 2.05) is 48.5 Å². The van der Waals surface area contributed by atoms with Crippen molar-refractivity contribution >= 4 is 11.4 Å². The van der Waals surface area contributed by atoms with E-state index in [0.29, 0.717) is 5.92 Å². The minimum Gasteiger partial charge on any atom is -0.494 e. The van der Waals surface area contributed by atoms with Gasteiger partial charge in [0.25, 0.3) is 0 Å². The van der Waals surface area contributed by atoms with Gasteiger partial charge in [-0.1, -0.05) is 96.1 Å². The first-order chi connectivity index (χ1) is 19.6. The smallest absolute Gasteiger partial charge is 0.119 e. The lowest BCUT2D eigenvalue weighted by Gasteiger charge is -2.11. The average molecular weight is 549 g/mol. The van der Waals surface area contributed by atoms with Crippen LogP contribution in [0.25, 0.3) is 0 Å². The fraction of sp³-hybridized carbons (Fsp3) is 0.611. The first-order valence-corrected chi connectivity index (χ1v) is 16.1. The number of hydrogen-bond donors (Lipinski definition) is 0. The summed E-state index contributed by atoms with van der Waals surface area (Å²) in [5.74, 6) is 2.44. The number of unbranched alkanes of at least 4 members (excludes halogenated alkanes) is 11. The predicted octanol–water partition coefficient (Wildman–Crippen LogP) is 12.3. The van der Waals surface area contributed by atoms with Crippen LogP contribution in [0.4, 0.5) is 11.4 Å². The summed E-state index contributed by atoms with van der Waals surface area (Å²) in [6.45, 7) is 10.4. The van der Waals surface area contributed by atoms with Gasteiger partial charge in [-0.05, 0) is 94.0 Å². The molecule has 2 aromatic carbocycles. The highest BCUT2D eigenvalue weighted by Gasteiger charge is 2.03. The Bertz CT molecular complexity index is 930. The highest BCUT2D eigenvalue weighted by atomic mass is 16.5. The minimum atomic E-state index is 0.662. The molecule has 1 atom stereocenters. The van der Waals surface area contributed by atoms with E-state index in [1.54, 1.807) is 0 Å². The van der Waals surface area contributed by atoms with Crippen LogP contribution in [0, 0.1) is 5.92 Å². The largest absolute Gasteiger partial charge is 0.494 e. The van der Waals surface area contributed by atoms with E-state index in [0.717, 1.165) is 55.4 Å². The van der Waals surface area contributed by atoms with Crippen LogP contribution in [0.2, 0.25) is 0 Å². The molecule has 0 N–H and O–H groups in total. The number of ether oxygens (including phenoxy) is 2. The molecule has 222 valence electrons. The Kier molecular flexibility index (Phi) is 18.6. The van der Waals surface area contributed by atoms with Crippen LogP contribution >= 0.6 is 0 Å². The molecule has 0 unspecified atom stereocenters. The lowest BCUT2D eigenvalue weighted by atomic mass is 10.0. The fourth-order valence-corrected chi connectivity index (χ4v) is 4.65. The molecule has 4 nitrogen and oxygen atoms in total. The maximum Gasteiger partial charge on any atom is 0.119 e. The first kappa shape index (κ1) is 33.6. The standard InChI is InChI=1S/C36H56N2O2/c1-5-6-7-8-9-10-11-12-13-14-15-16-29-39-35-24-20-33(21-25-35)37-38-34-22-26-36(27-23-34)40-30-28-32(4)19-17-18-31(2)3/h18,20-27,32H,5-17,19,28-30H2,1-4H3/t32-/m0/s1. The van der Waals surface area contributed by atoms with E-state index >= 15 is 0 Å². The van der Waals surface area contributed by atoms with Gasteiger partial charge in [-0.3, -0.25) is 0 Å². The molecule has 0 saturated heterocycles. The SMILES string of the molecule is CCCCCCCCCCCCCCOc1ccc(N=Nc2ccc(OCC[C@@H](C)CCC=C(C)C)cc2)cc1. The summed E-state index contributed by atoms with van der Waals surface area (Å²) in [5, 5.41) is 8.73. The molecule has 0 saturated carbocycles. The third-order valence-corrected chi connectivity index (χ3v) is 7.31. The summed E-state index contributed by atoms with van der Waals surface area (Å²) < 4.78 is 11.8. The van der Waals surface area contributed by atoms with Crippen molar-refractivity contribution < 1.29 is 9.47 Å². The highest BCUT2D eigenvalue weighted by Crippen LogP contribution is 2.24. The van der Waals surface area contributed by atoms with E-state index in [2.05, 4.69) is 44.0 Å². The van der Waals surface area contributed by atoms with Crippen molar-refractivity contribution in [1.82, 2.24) is 0 Å². The second-order valence-corrected chi connectivity index (χ2v) is 11.5. The fourth-order valence-electron chi connectivity index (χ4n) is 4.65. The van der Waals surface area contributed by atoms with Crippen LogP contribution in [-0.4, -0.2) is 13.2 Å². The quantitative estimate of drug-likeness (QED) is 0.0787. The van der Waals surface area contributed by atoms with Crippen LogP contribution in [-0.2, 0) is 0 Å². The summed E-state index contributed by atoms with van der Waals surface area (Å²) in [5.41, 5.74) is 3.03. The minimum absolute atomic E-state index is 0.662. The Morgan fingerprint density at radius 2 is 1.07 bits per heavy atom. The van der Waals surface area contributed by atoms with E-state index in [4.69, 9.17) is 9.47 Å². The topological polar surface area (TPSA) is 43.2 Å². The molecule has 2 aromatic rings. The molecule has 0 heterocycles. The number of hydrogen-bond acceptors (Lipinski definition) is 4. The van der Waals surface area contributed by atoms with Crippen molar-refractivity contribution in [3.63, 3.8) is 0 Å². The molecule has 0 aliphatic rings. The van der Waals surface area contributed by atoms with Gasteiger partial charge in [-0.2, -0.15) is 10.2 Å². The third-order valence-electron chi connectivity index (χ3n) is 7.31. The number of benzene rings is 2. The van der Waals surface area contributed by atoms with E-state index in [9.17, 15) is 0 Å². The molecule has 2 rings (SSSR count).